The third kappa shape index (κ3) is 3.13. The van der Waals surface area contributed by atoms with Gasteiger partial charge in [0.1, 0.15) is 5.82 Å². The maximum absolute atomic E-state index is 5.94. The highest BCUT2D eigenvalue weighted by molar-refractivity contribution is 5.44. The predicted octanol–water partition coefficient (Wildman–Crippen LogP) is 0.605. The zero-order valence-corrected chi connectivity index (χ0v) is 11.1. The van der Waals surface area contributed by atoms with E-state index in [1.807, 2.05) is 12.3 Å². The van der Waals surface area contributed by atoms with Crippen LogP contribution in [0.3, 0.4) is 0 Å². The van der Waals surface area contributed by atoms with Gasteiger partial charge in [0.2, 0.25) is 5.95 Å². The normalized spacial score (nSPS) is 24.7. The standard InChI is InChI=1S/C13H21N5O/c14-10-2-6-18(9-10)12-1-5-15-13(17-12)16-11-3-7-19-8-4-11/h1,5,10-11H,2-4,6-9,14H2,(H,15,16,17)/t10-/m1/s1. The van der Waals surface area contributed by atoms with Crippen LogP contribution in [-0.4, -0.2) is 48.4 Å². The van der Waals surface area contributed by atoms with E-state index in [4.69, 9.17) is 10.5 Å². The summed E-state index contributed by atoms with van der Waals surface area (Å²) in [4.78, 5) is 11.1. The minimum absolute atomic E-state index is 0.266. The SMILES string of the molecule is N[C@@H]1CCN(c2ccnc(NC3CCOCC3)n2)C1. The number of hydrogen-bond donors (Lipinski definition) is 2. The number of anilines is 2. The van der Waals surface area contributed by atoms with Crippen molar-refractivity contribution in [3.8, 4) is 0 Å². The Balaban J connectivity index is 1.65. The fourth-order valence-corrected chi connectivity index (χ4v) is 2.61. The van der Waals surface area contributed by atoms with Gasteiger partial charge in [0.15, 0.2) is 0 Å². The smallest absolute Gasteiger partial charge is 0.224 e. The van der Waals surface area contributed by atoms with Crippen LogP contribution >= 0.6 is 0 Å². The molecule has 2 aliphatic heterocycles. The van der Waals surface area contributed by atoms with Crippen molar-refractivity contribution in [1.29, 1.82) is 0 Å². The van der Waals surface area contributed by atoms with Crippen molar-refractivity contribution >= 4 is 11.8 Å². The second kappa shape index (κ2) is 5.71. The molecule has 0 saturated carbocycles. The molecule has 19 heavy (non-hydrogen) atoms. The average molecular weight is 263 g/mol. The number of aromatic nitrogens is 2. The first-order valence-electron chi connectivity index (χ1n) is 6.99. The van der Waals surface area contributed by atoms with E-state index in [0.717, 1.165) is 51.4 Å². The first-order chi connectivity index (χ1) is 9.31. The highest BCUT2D eigenvalue weighted by atomic mass is 16.5. The molecule has 3 heterocycles. The fourth-order valence-electron chi connectivity index (χ4n) is 2.61. The summed E-state index contributed by atoms with van der Waals surface area (Å²) in [7, 11) is 0. The van der Waals surface area contributed by atoms with Crippen LogP contribution in [-0.2, 0) is 4.74 Å². The third-order valence-electron chi connectivity index (χ3n) is 3.74. The van der Waals surface area contributed by atoms with E-state index in [9.17, 15) is 0 Å². The first kappa shape index (κ1) is 12.6. The van der Waals surface area contributed by atoms with Crippen molar-refractivity contribution in [2.45, 2.75) is 31.3 Å². The van der Waals surface area contributed by atoms with Crippen LogP contribution in [0.1, 0.15) is 19.3 Å². The molecule has 3 rings (SSSR count). The molecular weight excluding hydrogens is 242 g/mol. The summed E-state index contributed by atoms with van der Waals surface area (Å²) < 4.78 is 5.35. The van der Waals surface area contributed by atoms with E-state index < -0.39 is 0 Å². The molecule has 3 N–H and O–H groups in total. The lowest BCUT2D eigenvalue weighted by atomic mass is 10.1. The molecule has 0 amide bonds. The van der Waals surface area contributed by atoms with Crippen LogP contribution in [0.25, 0.3) is 0 Å². The molecule has 6 nitrogen and oxygen atoms in total. The van der Waals surface area contributed by atoms with Crippen molar-refractivity contribution in [3.05, 3.63) is 12.3 Å². The van der Waals surface area contributed by atoms with Gasteiger partial charge in [-0.2, -0.15) is 4.98 Å². The molecule has 0 spiro atoms. The van der Waals surface area contributed by atoms with Crippen molar-refractivity contribution in [2.75, 3.05) is 36.5 Å². The van der Waals surface area contributed by atoms with E-state index in [1.165, 1.54) is 0 Å². The summed E-state index contributed by atoms with van der Waals surface area (Å²) in [5.74, 6) is 1.68. The summed E-state index contributed by atoms with van der Waals surface area (Å²) in [5, 5.41) is 3.40. The molecule has 0 unspecified atom stereocenters. The van der Waals surface area contributed by atoms with Gasteiger partial charge in [-0.05, 0) is 25.3 Å². The van der Waals surface area contributed by atoms with E-state index in [-0.39, 0.29) is 6.04 Å². The number of nitrogens with one attached hydrogen (secondary N) is 1. The van der Waals surface area contributed by atoms with Crippen LogP contribution in [0.5, 0.6) is 0 Å². The van der Waals surface area contributed by atoms with Crippen LogP contribution in [0, 0.1) is 0 Å². The van der Waals surface area contributed by atoms with Gasteiger partial charge in [-0.3, -0.25) is 0 Å². The Kier molecular flexibility index (Phi) is 3.79. The molecule has 1 aromatic rings. The molecule has 2 aliphatic rings. The summed E-state index contributed by atoms with van der Waals surface area (Å²) >= 11 is 0. The highest BCUT2D eigenvalue weighted by Gasteiger charge is 2.21. The minimum atomic E-state index is 0.266. The molecule has 0 aromatic carbocycles. The summed E-state index contributed by atoms with van der Waals surface area (Å²) in [6.07, 6.45) is 4.88. The summed E-state index contributed by atoms with van der Waals surface area (Å²) in [6.45, 7) is 3.50. The molecular formula is C13H21N5O. The molecule has 1 atom stereocenters. The first-order valence-corrected chi connectivity index (χ1v) is 6.99. The summed E-state index contributed by atoms with van der Waals surface area (Å²) in [5.41, 5.74) is 5.94. The Morgan fingerprint density at radius 1 is 1.32 bits per heavy atom. The molecule has 104 valence electrons. The number of rotatable bonds is 3. The van der Waals surface area contributed by atoms with Gasteiger partial charge in [0.05, 0.1) is 0 Å². The van der Waals surface area contributed by atoms with E-state index in [2.05, 4.69) is 20.2 Å². The van der Waals surface area contributed by atoms with Gasteiger partial charge in [-0.1, -0.05) is 0 Å². The Bertz CT molecular complexity index is 421. The van der Waals surface area contributed by atoms with Gasteiger partial charge < -0.3 is 20.7 Å². The van der Waals surface area contributed by atoms with Crippen LogP contribution < -0.4 is 16.0 Å². The highest BCUT2D eigenvalue weighted by Crippen LogP contribution is 2.19. The lowest BCUT2D eigenvalue weighted by molar-refractivity contribution is 0.0903. The zero-order chi connectivity index (χ0) is 13.1. The average Bonchev–Trinajstić information content (AvgIpc) is 2.87. The molecule has 6 heteroatoms. The number of hydrogen-bond acceptors (Lipinski definition) is 6. The minimum Gasteiger partial charge on any atom is -0.381 e. The van der Waals surface area contributed by atoms with Crippen LogP contribution in [0.15, 0.2) is 12.3 Å². The molecule has 0 radical (unpaired) electrons. The second-order valence-corrected chi connectivity index (χ2v) is 5.26. The van der Waals surface area contributed by atoms with E-state index in [0.29, 0.717) is 12.0 Å². The number of nitrogens with zero attached hydrogens (tertiary/aromatic N) is 3. The van der Waals surface area contributed by atoms with Crippen LogP contribution in [0.4, 0.5) is 11.8 Å². The lowest BCUT2D eigenvalue weighted by Gasteiger charge is -2.24. The number of ether oxygens (including phenoxy) is 1. The van der Waals surface area contributed by atoms with Gasteiger partial charge >= 0.3 is 0 Å². The van der Waals surface area contributed by atoms with Crippen LogP contribution in [0.2, 0.25) is 0 Å². The van der Waals surface area contributed by atoms with Crippen molar-refractivity contribution in [1.82, 2.24) is 9.97 Å². The molecule has 0 bridgehead atoms. The Morgan fingerprint density at radius 2 is 2.16 bits per heavy atom. The molecule has 0 aliphatic carbocycles. The second-order valence-electron chi connectivity index (χ2n) is 5.26. The molecule has 2 saturated heterocycles. The van der Waals surface area contributed by atoms with Gasteiger partial charge in [0.25, 0.3) is 0 Å². The monoisotopic (exact) mass is 263 g/mol. The summed E-state index contributed by atoms with van der Waals surface area (Å²) in [6, 6.07) is 2.64. The van der Waals surface area contributed by atoms with E-state index in [1.54, 1.807) is 0 Å². The third-order valence-corrected chi connectivity index (χ3v) is 3.74. The lowest BCUT2D eigenvalue weighted by Crippen LogP contribution is -2.29. The Morgan fingerprint density at radius 3 is 2.89 bits per heavy atom. The molecule has 1 aromatic heterocycles. The maximum Gasteiger partial charge on any atom is 0.224 e. The van der Waals surface area contributed by atoms with E-state index >= 15 is 0 Å². The predicted molar refractivity (Wildman–Crippen MR) is 74.3 cm³/mol. The Labute approximate surface area is 113 Å². The van der Waals surface area contributed by atoms with Gasteiger partial charge in [-0.15, -0.1) is 0 Å². The zero-order valence-electron chi connectivity index (χ0n) is 11.1. The van der Waals surface area contributed by atoms with Gasteiger partial charge in [-0.25, -0.2) is 4.98 Å². The van der Waals surface area contributed by atoms with Crippen molar-refractivity contribution in [2.24, 2.45) is 5.73 Å². The largest absolute Gasteiger partial charge is 0.381 e. The Hall–Kier alpha value is -1.40. The quantitative estimate of drug-likeness (QED) is 0.832. The van der Waals surface area contributed by atoms with Crippen molar-refractivity contribution < 1.29 is 4.74 Å². The topological polar surface area (TPSA) is 76.3 Å². The van der Waals surface area contributed by atoms with Gasteiger partial charge in [0, 0.05) is 44.6 Å². The molecule has 2 fully saturated rings. The fraction of sp³-hybridized carbons (Fsp3) is 0.692. The number of nitrogens with two attached hydrogens (primary N) is 1. The van der Waals surface area contributed by atoms with Crippen molar-refractivity contribution in [3.63, 3.8) is 0 Å². The maximum atomic E-state index is 5.94.